The number of sulfonamides is 1. The van der Waals surface area contributed by atoms with Gasteiger partial charge >= 0.3 is 0 Å². The van der Waals surface area contributed by atoms with Crippen molar-refractivity contribution in [2.24, 2.45) is 22.6 Å². The molecule has 25 heavy (non-hydrogen) atoms. The Bertz CT molecular complexity index is 642. The standard InChI is InChI=1S/C17H28N4O2S.HI/c1-14(2)12-19-17(18)20-13-15-8-10-21(11-9-15)24(22,23)16-6-4-3-5-7-16;/h3-7,14-15H,8-13H2,1-2H3,(H3,18,19,20);1H. The van der Waals surface area contributed by atoms with Crippen molar-refractivity contribution in [3.05, 3.63) is 30.3 Å². The van der Waals surface area contributed by atoms with Gasteiger partial charge in [0.05, 0.1) is 4.90 Å². The van der Waals surface area contributed by atoms with Crippen molar-refractivity contribution in [3.63, 3.8) is 0 Å². The first-order valence-corrected chi connectivity index (χ1v) is 9.92. The fourth-order valence-corrected chi connectivity index (χ4v) is 4.17. The van der Waals surface area contributed by atoms with Crippen LogP contribution in [0.15, 0.2) is 40.2 Å². The molecule has 0 aliphatic carbocycles. The zero-order chi connectivity index (χ0) is 17.6. The molecule has 0 bridgehead atoms. The number of nitrogens with one attached hydrogen (secondary N) is 1. The van der Waals surface area contributed by atoms with Crippen molar-refractivity contribution < 1.29 is 8.42 Å². The highest BCUT2D eigenvalue weighted by Crippen LogP contribution is 2.23. The van der Waals surface area contributed by atoms with Crippen LogP contribution in [0.25, 0.3) is 0 Å². The number of rotatable bonds is 6. The zero-order valence-corrected chi connectivity index (χ0v) is 18.0. The van der Waals surface area contributed by atoms with E-state index < -0.39 is 10.0 Å². The molecular formula is C17H29IN4O2S. The maximum atomic E-state index is 12.6. The minimum absolute atomic E-state index is 0. The summed E-state index contributed by atoms with van der Waals surface area (Å²) in [6.07, 6.45) is 1.66. The molecule has 0 aromatic heterocycles. The van der Waals surface area contributed by atoms with E-state index in [0.717, 1.165) is 19.4 Å². The van der Waals surface area contributed by atoms with E-state index in [1.165, 1.54) is 0 Å². The van der Waals surface area contributed by atoms with Gasteiger partial charge in [0, 0.05) is 26.2 Å². The summed E-state index contributed by atoms with van der Waals surface area (Å²) in [5.41, 5.74) is 5.84. The number of halogens is 1. The second-order valence-electron chi connectivity index (χ2n) is 6.66. The third-order valence-corrected chi connectivity index (χ3v) is 6.07. The lowest BCUT2D eigenvalue weighted by Crippen LogP contribution is -2.42. The third-order valence-electron chi connectivity index (χ3n) is 4.15. The van der Waals surface area contributed by atoms with Gasteiger partial charge in [0.25, 0.3) is 0 Å². The molecule has 0 unspecified atom stereocenters. The van der Waals surface area contributed by atoms with Gasteiger partial charge in [-0.1, -0.05) is 32.0 Å². The van der Waals surface area contributed by atoms with Crippen molar-refractivity contribution in [1.82, 2.24) is 9.62 Å². The number of hydrogen-bond acceptors (Lipinski definition) is 3. The van der Waals surface area contributed by atoms with Gasteiger partial charge in [-0.3, -0.25) is 4.99 Å². The van der Waals surface area contributed by atoms with Crippen LogP contribution in [-0.4, -0.2) is 44.9 Å². The van der Waals surface area contributed by atoms with E-state index >= 15 is 0 Å². The first-order valence-electron chi connectivity index (χ1n) is 8.48. The Labute approximate surface area is 168 Å². The molecule has 1 aromatic carbocycles. The smallest absolute Gasteiger partial charge is 0.243 e. The molecule has 1 aliphatic heterocycles. The molecular weight excluding hydrogens is 451 g/mol. The minimum atomic E-state index is -3.37. The molecule has 142 valence electrons. The molecule has 0 saturated carbocycles. The average Bonchev–Trinajstić information content (AvgIpc) is 2.59. The summed E-state index contributed by atoms with van der Waals surface area (Å²) in [5.74, 6) is 1.37. The van der Waals surface area contributed by atoms with Crippen molar-refractivity contribution >= 4 is 40.0 Å². The van der Waals surface area contributed by atoms with E-state index in [1.807, 2.05) is 6.07 Å². The van der Waals surface area contributed by atoms with Crippen molar-refractivity contribution in [2.75, 3.05) is 26.2 Å². The van der Waals surface area contributed by atoms with Crippen LogP contribution in [0.4, 0.5) is 0 Å². The number of benzene rings is 1. The van der Waals surface area contributed by atoms with Gasteiger partial charge in [-0.15, -0.1) is 24.0 Å². The van der Waals surface area contributed by atoms with Gasteiger partial charge in [-0.2, -0.15) is 4.31 Å². The Morgan fingerprint density at radius 1 is 1.28 bits per heavy atom. The first-order chi connectivity index (χ1) is 11.4. The highest BCUT2D eigenvalue weighted by molar-refractivity contribution is 14.0. The Hall–Kier alpha value is -0.870. The Morgan fingerprint density at radius 3 is 2.44 bits per heavy atom. The third kappa shape index (κ3) is 6.74. The van der Waals surface area contributed by atoms with Gasteiger partial charge in [0.2, 0.25) is 10.0 Å². The topological polar surface area (TPSA) is 87.8 Å². The summed E-state index contributed by atoms with van der Waals surface area (Å²) in [5, 5.41) is 3.15. The van der Waals surface area contributed by atoms with E-state index in [9.17, 15) is 8.42 Å². The second-order valence-corrected chi connectivity index (χ2v) is 8.60. The number of hydrogen-bond donors (Lipinski definition) is 2. The Kier molecular flexibility index (Phi) is 9.15. The molecule has 0 spiro atoms. The summed E-state index contributed by atoms with van der Waals surface area (Å²) in [6.45, 7) is 6.75. The Morgan fingerprint density at radius 2 is 1.88 bits per heavy atom. The SMILES string of the molecule is CC(C)CN=C(N)NCC1CCN(S(=O)(=O)c2ccccc2)CC1.I. The summed E-state index contributed by atoms with van der Waals surface area (Å²) in [6, 6.07) is 8.62. The largest absolute Gasteiger partial charge is 0.370 e. The molecule has 1 aromatic rings. The number of guanidine groups is 1. The quantitative estimate of drug-likeness (QED) is 0.372. The van der Waals surface area contributed by atoms with Crippen LogP contribution in [-0.2, 0) is 10.0 Å². The summed E-state index contributed by atoms with van der Waals surface area (Å²) >= 11 is 0. The van der Waals surface area contributed by atoms with E-state index in [2.05, 4.69) is 24.2 Å². The number of nitrogens with two attached hydrogens (primary N) is 1. The van der Waals surface area contributed by atoms with Crippen LogP contribution >= 0.6 is 24.0 Å². The molecule has 2 rings (SSSR count). The van der Waals surface area contributed by atoms with Crippen LogP contribution in [0.3, 0.4) is 0 Å². The average molecular weight is 480 g/mol. The van der Waals surface area contributed by atoms with Crippen molar-refractivity contribution in [3.8, 4) is 0 Å². The van der Waals surface area contributed by atoms with Gasteiger partial charge < -0.3 is 11.1 Å². The number of nitrogens with zero attached hydrogens (tertiary/aromatic N) is 2. The molecule has 3 N–H and O–H groups in total. The van der Waals surface area contributed by atoms with E-state index in [-0.39, 0.29) is 24.0 Å². The van der Waals surface area contributed by atoms with E-state index in [4.69, 9.17) is 5.73 Å². The lowest BCUT2D eigenvalue weighted by atomic mass is 9.98. The van der Waals surface area contributed by atoms with Crippen LogP contribution in [0.1, 0.15) is 26.7 Å². The highest BCUT2D eigenvalue weighted by Gasteiger charge is 2.29. The van der Waals surface area contributed by atoms with Gasteiger partial charge in [-0.25, -0.2) is 8.42 Å². The predicted octanol–water partition coefficient (Wildman–Crippen LogP) is 2.27. The normalized spacial score (nSPS) is 17.3. The lowest BCUT2D eigenvalue weighted by molar-refractivity contribution is 0.273. The molecule has 0 radical (unpaired) electrons. The predicted molar refractivity (Wildman–Crippen MR) is 113 cm³/mol. The maximum Gasteiger partial charge on any atom is 0.243 e. The monoisotopic (exact) mass is 480 g/mol. The lowest BCUT2D eigenvalue weighted by Gasteiger charge is -2.31. The summed E-state index contributed by atoms with van der Waals surface area (Å²) in [4.78, 5) is 4.65. The van der Waals surface area contributed by atoms with E-state index in [1.54, 1.807) is 28.6 Å². The van der Waals surface area contributed by atoms with Gasteiger partial charge in [0.1, 0.15) is 0 Å². The number of piperidine rings is 1. The van der Waals surface area contributed by atoms with Crippen molar-refractivity contribution in [2.45, 2.75) is 31.6 Å². The first kappa shape index (κ1) is 22.2. The van der Waals surface area contributed by atoms with Gasteiger partial charge in [0.15, 0.2) is 5.96 Å². The van der Waals surface area contributed by atoms with Crippen LogP contribution in [0, 0.1) is 11.8 Å². The van der Waals surface area contributed by atoms with Crippen LogP contribution in [0.2, 0.25) is 0 Å². The fourth-order valence-electron chi connectivity index (χ4n) is 2.68. The molecule has 0 amide bonds. The maximum absolute atomic E-state index is 12.6. The molecule has 8 heteroatoms. The molecule has 1 aliphatic rings. The summed E-state index contributed by atoms with van der Waals surface area (Å²) < 4.78 is 26.7. The highest BCUT2D eigenvalue weighted by atomic mass is 127. The molecule has 1 heterocycles. The zero-order valence-electron chi connectivity index (χ0n) is 14.9. The minimum Gasteiger partial charge on any atom is -0.370 e. The Balaban J connectivity index is 0.00000312. The summed E-state index contributed by atoms with van der Waals surface area (Å²) in [7, 11) is -3.37. The van der Waals surface area contributed by atoms with Crippen LogP contribution in [0.5, 0.6) is 0 Å². The number of aliphatic imine (C=N–C) groups is 1. The molecule has 1 fully saturated rings. The fraction of sp³-hybridized carbons (Fsp3) is 0.588. The van der Waals surface area contributed by atoms with Gasteiger partial charge in [-0.05, 0) is 36.8 Å². The molecule has 6 nitrogen and oxygen atoms in total. The molecule has 1 saturated heterocycles. The van der Waals surface area contributed by atoms with E-state index in [0.29, 0.717) is 42.3 Å². The molecule has 0 atom stereocenters. The van der Waals surface area contributed by atoms with Crippen LogP contribution < -0.4 is 11.1 Å². The second kappa shape index (κ2) is 10.3. The van der Waals surface area contributed by atoms with Crippen molar-refractivity contribution in [1.29, 1.82) is 0 Å².